The van der Waals surface area contributed by atoms with Crippen LogP contribution in [0.25, 0.3) is 0 Å². The molecule has 1 N–H and O–H groups in total. The van der Waals surface area contributed by atoms with E-state index in [0.717, 1.165) is 12.2 Å². The third-order valence-corrected chi connectivity index (χ3v) is 4.76. The lowest BCUT2D eigenvalue weighted by atomic mass is 10.1. The molecule has 0 saturated heterocycles. The van der Waals surface area contributed by atoms with Gasteiger partial charge < -0.3 is 19.7 Å². The first kappa shape index (κ1) is 18.8. The van der Waals surface area contributed by atoms with E-state index in [2.05, 4.69) is 41.2 Å². The number of pyridine rings is 1. The molecule has 1 aliphatic heterocycles. The van der Waals surface area contributed by atoms with Crippen LogP contribution in [0.4, 0.5) is 11.4 Å². The minimum absolute atomic E-state index is 0.199. The lowest BCUT2D eigenvalue weighted by Gasteiger charge is -2.29. The molecule has 0 saturated carbocycles. The quantitative estimate of drug-likeness (QED) is 0.674. The van der Waals surface area contributed by atoms with Crippen LogP contribution in [0.15, 0.2) is 66.9 Å². The monoisotopic (exact) mass is 389 g/mol. The van der Waals surface area contributed by atoms with Crippen molar-refractivity contribution in [3.05, 3.63) is 78.1 Å². The first-order valence-corrected chi connectivity index (χ1v) is 9.58. The van der Waals surface area contributed by atoms with Gasteiger partial charge in [-0.1, -0.05) is 30.3 Å². The molecule has 0 unspecified atom stereocenters. The smallest absolute Gasteiger partial charge is 0.274 e. The van der Waals surface area contributed by atoms with Crippen molar-refractivity contribution >= 4 is 17.3 Å². The van der Waals surface area contributed by atoms with Crippen LogP contribution in [0.5, 0.6) is 11.5 Å². The molecule has 29 heavy (non-hydrogen) atoms. The average molecular weight is 389 g/mol. The molecule has 6 heteroatoms. The number of hydrogen-bond acceptors (Lipinski definition) is 5. The maximum absolute atomic E-state index is 12.6. The molecular formula is C23H23N3O3. The van der Waals surface area contributed by atoms with Gasteiger partial charge in [-0.05, 0) is 43.7 Å². The summed E-state index contributed by atoms with van der Waals surface area (Å²) in [5.41, 5.74) is 3.20. The first-order chi connectivity index (χ1) is 14.1. The molecule has 1 aliphatic rings. The van der Waals surface area contributed by atoms with Crippen molar-refractivity contribution in [3.63, 3.8) is 0 Å². The van der Waals surface area contributed by atoms with Crippen molar-refractivity contribution in [3.8, 4) is 11.5 Å². The number of nitrogens with zero attached hydrogens (tertiary/aromatic N) is 2. The lowest BCUT2D eigenvalue weighted by Crippen LogP contribution is -2.30. The van der Waals surface area contributed by atoms with Crippen LogP contribution in [0, 0.1) is 0 Å². The van der Waals surface area contributed by atoms with Crippen molar-refractivity contribution in [1.82, 2.24) is 4.98 Å². The Morgan fingerprint density at radius 2 is 1.86 bits per heavy atom. The van der Waals surface area contributed by atoms with E-state index in [4.69, 9.17) is 9.47 Å². The van der Waals surface area contributed by atoms with Gasteiger partial charge in [0.15, 0.2) is 11.5 Å². The molecule has 2 aromatic carbocycles. The number of ether oxygens (including phenoxy) is 2. The summed E-state index contributed by atoms with van der Waals surface area (Å²) in [4.78, 5) is 19.2. The highest BCUT2D eigenvalue weighted by molar-refractivity contribution is 6.03. The molecular weight excluding hydrogens is 366 g/mol. The van der Waals surface area contributed by atoms with E-state index in [9.17, 15) is 4.79 Å². The van der Waals surface area contributed by atoms with Crippen LogP contribution in [-0.2, 0) is 6.54 Å². The molecule has 0 radical (unpaired) electrons. The lowest BCUT2D eigenvalue weighted by molar-refractivity contribution is 0.102. The number of fused-ring (bicyclic) bond motifs is 1. The number of aromatic nitrogens is 1. The minimum Gasteiger partial charge on any atom is -0.454 e. The fourth-order valence-corrected chi connectivity index (χ4v) is 3.21. The number of anilines is 2. The maximum Gasteiger partial charge on any atom is 0.274 e. The van der Waals surface area contributed by atoms with Gasteiger partial charge in [-0.3, -0.25) is 4.79 Å². The molecule has 148 valence electrons. The van der Waals surface area contributed by atoms with Crippen LogP contribution in [0.2, 0.25) is 0 Å². The summed E-state index contributed by atoms with van der Waals surface area (Å²) in [6, 6.07) is 19.6. The number of benzene rings is 2. The zero-order valence-electron chi connectivity index (χ0n) is 16.5. The van der Waals surface area contributed by atoms with Crippen LogP contribution in [-0.4, -0.2) is 23.7 Å². The van der Waals surface area contributed by atoms with Gasteiger partial charge in [0.05, 0.1) is 11.9 Å². The summed E-state index contributed by atoms with van der Waals surface area (Å²) in [6.45, 7) is 5.26. The Kier molecular flexibility index (Phi) is 5.33. The minimum atomic E-state index is -0.269. The van der Waals surface area contributed by atoms with Crippen molar-refractivity contribution in [1.29, 1.82) is 0 Å². The van der Waals surface area contributed by atoms with Gasteiger partial charge in [0, 0.05) is 24.3 Å². The van der Waals surface area contributed by atoms with Crippen molar-refractivity contribution < 1.29 is 14.3 Å². The van der Waals surface area contributed by atoms with Crippen LogP contribution < -0.4 is 19.7 Å². The number of nitrogens with one attached hydrogen (secondary N) is 1. The third-order valence-electron chi connectivity index (χ3n) is 4.76. The van der Waals surface area contributed by atoms with Crippen LogP contribution in [0.3, 0.4) is 0 Å². The summed E-state index contributed by atoms with van der Waals surface area (Å²) in [5.74, 6) is 1.03. The second kappa shape index (κ2) is 8.22. The topological polar surface area (TPSA) is 63.7 Å². The second-order valence-corrected chi connectivity index (χ2v) is 7.13. The van der Waals surface area contributed by atoms with E-state index >= 15 is 0 Å². The Bertz CT molecular complexity index is 988. The van der Waals surface area contributed by atoms with Crippen LogP contribution in [0.1, 0.15) is 29.9 Å². The molecule has 0 bridgehead atoms. The zero-order valence-corrected chi connectivity index (χ0v) is 16.5. The van der Waals surface area contributed by atoms with Gasteiger partial charge in [-0.2, -0.15) is 0 Å². The molecule has 1 amide bonds. The third kappa shape index (κ3) is 4.32. The van der Waals surface area contributed by atoms with Gasteiger partial charge in [0.2, 0.25) is 6.79 Å². The predicted molar refractivity (Wildman–Crippen MR) is 113 cm³/mol. The number of amides is 1. The highest BCUT2D eigenvalue weighted by atomic mass is 16.7. The number of rotatable bonds is 6. The van der Waals surface area contributed by atoms with E-state index in [1.165, 1.54) is 5.56 Å². The molecule has 0 aliphatic carbocycles. The van der Waals surface area contributed by atoms with E-state index in [1.54, 1.807) is 30.5 Å². The van der Waals surface area contributed by atoms with Crippen LogP contribution >= 0.6 is 0 Å². The highest BCUT2D eigenvalue weighted by Gasteiger charge is 2.16. The maximum atomic E-state index is 12.6. The Balaban J connectivity index is 1.46. The Morgan fingerprint density at radius 1 is 1.07 bits per heavy atom. The fourth-order valence-electron chi connectivity index (χ4n) is 3.21. The summed E-state index contributed by atoms with van der Waals surface area (Å²) in [5, 5.41) is 2.85. The molecule has 0 spiro atoms. The molecule has 3 aromatic rings. The molecule has 0 atom stereocenters. The Hall–Kier alpha value is -3.54. The van der Waals surface area contributed by atoms with Gasteiger partial charge in [-0.25, -0.2) is 4.98 Å². The summed E-state index contributed by atoms with van der Waals surface area (Å²) in [6.07, 6.45) is 1.75. The SMILES string of the molecule is CC(C)N(Cc1ccccc1)c1ccc(C(=O)Nc2ccc3c(c2)OCO3)nc1. The Labute approximate surface area is 170 Å². The first-order valence-electron chi connectivity index (χ1n) is 9.58. The molecule has 6 nitrogen and oxygen atoms in total. The van der Waals surface area contributed by atoms with E-state index in [-0.39, 0.29) is 12.7 Å². The summed E-state index contributed by atoms with van der Waals surface area (Å²) in [7, 11) is 0. The summed E-state index contributed by atoms with van der Waals surface area (Å²) >= 11 is 0. The van der Waals surface area contributed by atoms with E-state index in [1.807, 2.05) is 24.3 Å². The molecule has 2 heterocycles. The number of carbonyl (C=O) groups is 1. The summed E-state index contributed by atoms with van der Waals surface area (Å²) < 4.78 is 10.6. The standard InChI is InChI=1S/C23H23N3O3/c1-16(2)26(14-17-6-4-3-5-7-17)19-9-10-20(24-13-19)23(27)25-18-8-11-21-22(12-18)29-15-28-21/h3-13,16H,14-15H2,1-2H3,(H,25,27). The number of hydrogen-bond donors (Lipinski definition) is 1. The highest BCUT2D eigenvalue weighted by Crippen LogP contribution is 2.34. The van der Waals surface area contributed by atoms with Crippen molar-refractivity contribution in [2.45, 2.75) is 26.4 Å². The van der Waals surface area contributed by atoms with Crippen molar-refractivity contribution in [2.24, 2.45) is 0 Å². The average Bonchev–Trinajstić information content (AvgIpc) is 3.20. The largest absolute Gasteiger partial charge is 0.454 e. The van der Waals surface area contributed by atoms with Crippen molar-refractivity contribution in [2.75, 3.05) is 17.0 Å². The van der Waals surface area contributed by atoms with Gasteiger partial charge in [-0.15, -0.1) is 0 Å². The molecule has 1 aromatic heterocycles. The fraction of sp³-hybridized carbons (Fsp3) is 0.217. The molecule has 4 rings (SSSR count). The van der Waals surface area contributed by atoms with Gasteiger partial charge in [0.1, 0.15) is 5.69 Å². The van der Waals surface area contributed by atoms with Gasteiger partial charge in [0.25, 0.3) is 5.91 Å². The van der Waals surface area contributed by atoms with E-state index in [0.29, 0.717) is 28.9 Å². The second-order valence-electron chi connectivity index (χ2n) is 7.13. The normalized spacial score (nSPS) is 12.1. The Morgan fingerprint density at radius 3 is 2.59 bits per heavy atom. The zero-order chi connectivity index (χ0) is 20.2. The molecule has 0 fully saturated rings. The number of carbonyl (C=O) groups excluding carboxylic acids is 1. The predicted octanol–water partition coefficient (Wildman–Crippen LogP) is 4.48. The van der Waals surface area contributed by atoms with E-state index < -0.39 is 0 Å². The van der Waals surface area contributed by atoms with Gasteiger partial charge >= 0.3 is 0 Å².